The highest BCUT2D eigenvalue weighted by molar-refractivity contribution is 5.90. The van der Waals surface area contributed by atoms with Crippen LogP contribution in [0.5, 0.6) is 5.75 Å². The number of urea groups is 1. The number of aromatic nitrogens is 2. The Hall–Kier alpha value is -4.02. The Morgan fingerprint density at radius 1 is 1.03 bits per heavy atom. The highest BCUT2D eigenvalue weighted by Gasteiger charge is 2.33. The zero-order valence-corrected chi connectivity index (χ0v) is 18.0. The number of alkyl halides is 3. The first-order chi connectivity index (χ1) is 15.7. The van der Waals surface area contributed by atoms with E-state index < -0.39 is 17.8 Å². The summed E-state index contributed by atoms with van der Waals surface area (Å²) in [6.45, 7) is 2.22. The van der Waals surface area contributed by atoms with E-state index >= 15 is 0 Å². The molecule has 3 aromatic rings. The maximum atomic E-state index is 13.0. The number of ether oxygens (including phenoxy) is 1. The van der Waals surface area contributed by atoms with Crippen LogP contribution in [0.15, 0.2) is 54.6 Å². The molecule has 0 spiro atoms. The molecule has 1 heterocycles. The SMILES string of the molecule is COc1ccc(Nc2cc(C)nc(NCCNC(=O)Nc3ccccc3C(F)(F)F)n2)cc1. The van der Waals surface area contributed by atoms with Gasteiger partial charge in [-0.25, -0.2) is 9.78 Å². The molecule has 0 unspecified atom stereocenters. The van der Waals surface area contributed by atoms with Crippen LogP contribution in [0.25, 0.3) is 0 Å². The van der Waals surface area contributed by atoms with Gasteiger partial charge in [-0.1, -0.05) is 12.1 Å². The Kier molecular flexibility index (Phi) is 7.54. The molecule has 0 atom stereocenters. The number of nitrogens with zero attached hydrogens (tertiary/aromatic N) is 2. The number of halogens is 3. The zero-order chi connectivity index (χ0) is 23.8. The first-order valence-corrected chi connectivity index (χ1v) is 9.96. The van der Waals surface area contributed by atoms with Crippen molar-refractivity contribution in [2.45, 2.75) is 13.1 Å². The van der Waals surface area contributed by atoms with E-state index in [0.717, 1.165) is 23.2 Å². The lowest BCUT2D eigenvalue weighted by Gasteiger charge is -2.14. The van der Waals surface area contributed by atoms with E-state index in [-0.39, 0.29) is 18.8 Å². The fourth-order valence-corrected chi connectivity index (χ4v) is 2.89. The van der Waals surface area contributed by atoms with Gasteiger partial charge in [0.25, 0.3) is 0 Å². The number of amides is 2. The van der Waals surface area contributed by atoms with Crippen LogP contribution in [0.2, 0.25) is 0 Å². The van der Waals surface area contributed by atoms with Crippen LogP contribution in [-0.4, -0.2) is 36.2 Å². The Morgan fingerprint density at radius 3 is 2.45 bits per heavy atom. The fraction of sp³-hybridized carbons (Fsp3) is 0.227. The molecule has 0 aliphatic rings. The minimum Gasteiger partial charge on any atom is -0.497 e. The van der Waals surface area contributed by atoms with Crippen molar-refractivity contribution < 1.29 is 22.7 Å². The van der Waals surface area contributed by atoms with Gasteiger partial charge in [-0.3, -0.25) is 0 Å². The van der Waals surface area contributed by atoms with Gasteiger partial charge in [0.05, 0.1) is 18.4 Å². The molecule has 0 bridgehead atoms. The van der Waals surface area contributed by atoms with Crippen molar-refractivity contribution in [3.63, 3.8) is 0 Å². The first kappa shape index (κ1) is 23.6. The van der Waals surface area contributed by atoms with Crippen molar-refractivity contribution in [2.24, 2.45) is 0 Å². The van der Waals surface area contributed by atoms with Crippen molar-refractivity contribution in [1.82, 2.24) is 15.3 Å². The maximum Gasteiger partial charge on any atom is 0.418 e. The van der Waals surface area contributed by atoms with E-state index in [1.807, 2.05) is 31.2 Å². The van der Waals surface area contributed by atoms with Gasteiger partial charge >= 0.3 is 12.2 Å². The van der Waals surface area contributed by atoms with Gasteiger partial charge in [0.1, 0.15) is 11.6 Å². The molecule has 3 rings (SSSR count). The number of carbonyl (C=O) groups is 1. The second-order valence-corrected chi connectivity index (χ2v) is 6.92. The van der Waals surface area contributed by atoms with Crippen molar-refractivity contribution in [2.75, 3.05) is 36.1 Å². The Labute approximate surface area is 188 Å². The maximum absolute atomic E-state index is 13.0. The number of rotatable bonds is 8. The first-order valence-electron chi connectivity index (χ1n) is 9.96. The molecule has 0 aliphatic carbocycles. The standard InChI is InChI=1S/C22H23F3N6O2/c1-14-13-19(29-15-7-9-16(33-2)10-8-15)31-20(28-14)26-11-12-27-21(32)30-18-6-4-3-5-17(18)22(23,24)25/h3-10,13H,11-12H2,1-2H3,(H2,27,30,32)(H2,26,28,29,31). The molecular formula is C22H23F3N6O2. The van der Waals surface area contributed by atoms with Gasteiger partial charge in [-0.15, -0.1) is 0 Å². The predicted octanol–water partition coefficient (Wildman–Crippen LogP) is 4.79. The normalized spacial score (nSPS) is 10.9. The van der Waals surface area contributed by atoms with Crippen LogP contribution >= 0.6 is 0 Å². The van der Waals surface area contributed by atoms with Gasteiger partial charge in [0.15, 0.2) is 0 Å². The van der Waals surface area contributed by atoms with E-state index in [1.165, 1.54) is 18.2 Å². The molecule has 174 valence electrons. The quantitative estimate of drug-likeness (QED) is 0.361. The summed E-state index contributed by atoms with van der Waals surface area (Å²) < 4.78 is 44.2. The third-order valence-electron chi connectivity index (χ3n) is 4.39. The van der Waals surface area contributed by atoms with Crippen LogP contribution in [0.4, 0.5) is 41.1 Å². The van der Waals surface area contributed by atoms with Gasteiger partial charge in [0, 0.05) is 30.5 Å². The average molecular weight is 460 g/mol. The monoisotopic (exact) mass is 460 g/mol. The highest BCUT2D eigenvalue weighted by Crippen LogP contribution is 2.34. The van der Waals surface area contributed by atoms with Gasteiger partial charge in [-0.05, 0) is 43.3 Å². The minimum atomic E-state index is -4.56. The molecule has 0 saturated carbocycles. The van der Waals surface area contributed by atoms with Crippen molar-refractivity contribution in [1.29, 1.82) is 0 Å². The molecule has 11 heteroatoms. The van der Waals surface area contributed by atoms with E-state index in [2.05, 4.69) is 31.2 Å². The molecule has 0 radical (unpaired) electrons. The van der Waals surface area contributed by atoms with Crippen molar-refractivity contribution in [3.05, 3.63) is 65.9 Å². The third-order valence-corrected chi connectivity index (χ3v) is 4.39. The smallest absolute Gasteiger partial charge is 0.418 e. The molecule has 0 fully saturated rings. The summed E-state index contributed by atoms with van der Waals surface area (Å²) >= 11 is 0. The number of nitrogens with one attached hydrogen (secondary N) is 4. The fourth-order valence-electron chi connectivity index (χ4n) is 2.89. The summed E-state index contributed by atoms with van der Waals surface area (Å²) in [5, 5.41) is 10.9. The lowest BCUT2D eigenvalue weighted by atomic mass is 10.1. The van der Waals surface area contributed by atoms with Crippen LogP contribution in [-0.2, 0) is 6.18 Å². The number of para-hydroxylation sites is 1. The van der Waals surface area contributed by atoms with E-state index in [0.29, 0.717) is 11.8 Å². The van der Waals surface area contributed by atoms with Crippen LogP contribution in [0.3, 0.4) is 0 Å². The summed E-state index contributed by atoms with van der Waals surface area (Å²) in [5.74, 6) is 1.65. The lowest BCUT2D eigenvalue weighted by Crippen LogP contribution is -2.33. The molecule has 2 amide bonds. The van der Waals surface area contributed by atoms with Crippen LogP contribution in [0.1, 0.15) is 11.3 Å². The summed E-state index contributed by atoms with van der Waals surface area (Å²) in [5.41, 5.74) is 0.311. The average Bonchev–Trinajstić information content (AvgIpc) is 2.76. The second kappa shape index (κ2) is 10.5. The summed E-state index contributed by atoms with van der Waals surface area (Å²) in [7, 11) is 1.59. The molecular weight excluding hydrogens is 437 g/mol. The number of anilines is 4. The van der Waals surface area contributed by atoms with Crippen molar-refractivity contribution >= 4 is 29.2 Å². The largest absolute Gasteiger partial charge is 0.497 e. The second-order valence-electron chi connectivity index (χ2n) is 6.92. The molecule has 2 aromatic carbocycles. The molecule has 0 saturated heterocycles. The lowest BCUT2D eigenvalue weighted by molar-refractivity contribution is -0.136. The minimum absolute atomic E-state index is 0.137. The Balaban J connectivity index is 1.51. The van der Waals surface area contributed by atoms with E-state index in [4.69, 9.17) is 4.74 Å². The van der Waals surface area contributed by atoms with Gasteiger partial charge in [-0.2, -0.15) is 18.2 Å². The molecule has 4 N–H and O–H groups in total. The van der Waals surface area contributed by atoms with E-state index in [1.54, 1.807) is 13.2 Å². The van der Waals surface area contributed by atoms with Crippen LogP contribution in [0, 0.1) is 6.92 Å². The third kappa shape index (κ3) is 6.99. The Morgan fingerprint density at radius 2 is 1.76 bits per heavy atom. The zero-order valence-electron chi connectivity index (χ0n) is 18.0. The predicted molar refractivity (Wildman–Crippen MR) is 120 cm³/mol. The van der Waals surface area contributed by atoms with Crippen LogP contribution < -0.4 is 26.0 Å². The summed E-state index contributed by atoms with van der Waals surface area (Å²) in [6, 6.07) is 13.1. The number of hydrogen-bond donors (Lipinski definition) is 4. The summed E-state index contributed by atoms with van der Waals surface area (Å²) in [4.78, 5) is 20.7. The number of hydrogen-bond acceptors (Lipinski definition) is 6. The molecule has 33 heavy (non-hydrogen) atoms. The number of methoxy groups -OCH3 is 1. The van der Waals surface area contributed by atoms with E-state index in [9.17, 15) is 18.0 Å². The van der Waals surface area contributed by atoms with Crippen molar-refractivity contribution in [3.8, 4) is 5.75 Å². The molecule has 0 aliphatic heterocycles. The molecule has 1 aromatic heterocycles. The molecule has 8 nitrogen and oxygen atoms in total. The number of carbonyl (C=O) groups excluding carboxylic acids is 1. The summed E-state index contributed by atoms with van der Waals surface area (Å²) in [6.07, 6.45) is -4.56. The van der Waals surface area contributed by atoms with Gasteiger partial charge < -0.3 is 26.0 Å². The number of aryl methyl sites for hydroxylation is 1. The highest BCUT2D eigenvalue weighted by atomic mass is 19.4. The number of benzene rings is 2. The van der Waals surface area contributed by atoms with Gasteiger partial charge in [0.2, 0.25) is 5.95 Å². The topological polar surface area (TPSA) is 100 Å². The Bertz CT molecular complexity index is 1090.